The lowest BCUT2D eigenvalue weighted by atomic mass is 10.3. The first-order chi connectivity index (χ1) is 10.2. The molecule has 0 unspecified atom stereocenters. The molecule has 0 saturated carbocycles. The van der Waals surface area contributed by atoms with Crippen LogP contribution in [0.2, 0.25) is 0 Å². The fraction of sp³-hybridized carbons (Fsp3) is 0.533. The van der Waals surface area contributed by atoms with Gasteiger partial charge in [-0.25, -0.2) is 0 Å². The Labute approximate surface area is 132 Å². The van der Waals surface area contributed by atoms with Gasteiger partial charge in [0.1, 0.15) is 6.26 Å². The number of likely N-dealkylation sites (N-methyl/N-ethyl adjacent to an activating group) is 1. The molecule has 0 amide bonds. The van der Waals surface area contributed by atoms with Crippen LogP contribution in [0.25, 0.3) is 11.2 Å². The molecule has 0 aromatic carbocycles. The highest BCUT2D eigenvalue weighted by Crippen LogP contribution is 2.27. The van der Waals surface area contributed by atoms with Crippen molar-refractivity contribution in [1.29, 1.82) is 0 Å². The third-order valence-corrected chi connectivity index (χ3v) is 3.78. The van der Waals surface area contributed by atoms with E-state index in [-0.39, 0.29) is 11.0 Å². The predicted octanol–water partition coefficient (Wildman–Crippen LogP) is 3.79. The molecule has 0 saturated heterocycles. The van der Waals surface area contributed by atoms with E-state index < -0.39 is 0 Å². The Hall–Kier alpha value is -1.27. The quantitative estimate of drug-likeness (QED) is 0.672. The van der Waals surface area contributed by atoms with Gasteiger partial charge in [-0.2, -0.15) is 0 Å². The van der Waals surface area contributed by atoms with Gasteiger partial charge in [-0.1, -0.05) is 13.3 Å². The molecule has 2 aromatic heterocycles. The third kappa shape index (κ3) is 3.89. The van der Waals surface area contributed by atoms with E-state index in [9.17, 15) is 4.79 Å². The standard InChI is InChI=1S/C15H20BrNO4/c1-3-5-7-19-8-6-17(4-2)13-9-12(18)15-14(21-13)11(16)10-20-15/h9-10H,3-8H2,1-2H3. The van der Waals surface area contributed by atoms with Crippen molar-refractivity contribution in [2.75, 3.05) is 31.2 Å². The molecule has 5 nitrogen and oxygen atoms in total. The summed E-state index contributed by atoms with van der Waals surface area (Å²) in [5.41, 5.74) is 0.506. The van der Waals surface area contributed by atoms with E-state index in [2.05, 4.69) is 22.9 Å². The van der Waals surface area contributed by atoms with Crippen LogP contribution in [0, 0.1) is 0 Å². The van der Waals surface area contributed by atoms with E-state index in [4.69, 9.17) is 13.6 Å². The van der Waals surface area contributed by atoms with Crippen LogP contribution < -0.4 is 10.3 Å². The lowest BCUT2D eigenvalue weighted by molar-refractivity contribution is 0.136. The van der Waals surface area contributed by atoms with Crippen molar-refractivity contribution < 1.29 is 13.6 Å². The summed E-state index contributed by atoms with van der Waals surface area (Å²) in [5, 5.41) is 0. The minimum Gasteiger partial charge on any atom is -0.456 e. The van der Waals surface area contributed by atoms with Gasteiger partial charge in [0.25, 0.3) is 0 Å². The first kappa shape index (κ1) is 16.1. The smallest absolute Gasteiger partial charge is 0.230 e. The molecule has 0 fully saturated rings. The van der Waals surface area contributed by atoms with Gasteiger partial charge in [-0.05, 0) is 29.3 Å². The van der Waals surface area contributed by atoms with Crippen LogP contribution in [0.15, 0.2) is 30.4 Å². The monoisotopic (exact) mass is 357 g/mol. The molecule has 0 aliphatic heterocycles. The maximum absolute atomic E-state index is 12.0. The normalized spacial score (nSPS) is 11.2. The summed E-state index contributed by atoms with van der Waals surface area (Å²) in [4.78, 5) is 14.0. The maximum Gasteiger partial charge on any atom is 0.230 e. The highest BCUT2D eigenvalue weighted by Gasteiger charge is 2.15. The number of nitrogens with zero attached hydrogens (tertiary/aromatic N) is 1. The number of unbranched alkanes of at least 4 members (excludes halogenated alkanes) is 1. The second-order valence-electron chi connectivity index (χ2n) is 4.74. The van der Waals surface area contributed by atoms with E-state index in [1.165, 1.54) is 12.3 Å². The summed E-state index contributed by atoms with van der Waals surface area (Å²) in [6.07, 6.45) is 3.65. The second-order valence-corrected chi connectivity index (χ2v) is 5.59. The Morgan fingerprint density at radius 2 is 2.10 bits per heavy atom. The first-order valence-electron chi connectivity index (χ1n) is 7.20. The molecule has 0 bridgehead atoms. The van der Waals surface area contributed by atoms with E-state index in [1.807, 2.05) is 11.8 Å². The second kappa shape index (κ2) is 7.66. The Morgan fingerprint density at radius 3 is 2.81 bits per heavy atom. The van der Waals surface area contributed by atoms with Gasteiger partial charge in [-0.15, -0.1) is 0 Å². The zero-order chi connectivity index (χ0) is 15.2. The Morgan fingerprint density at radius 1 is 1.29 bits per heavy atom. The van der Waals surface area contributed by atoms with Gasteiger partial charge in [0, 0.05) is 19.7 Å². The van der Waals surface area contributed by atoms with Crippen molar-refractivity contribution in [2.45, 2.75) is 26.7 Å². The molecular weight excluding hydrogens is 338 g/mol. The molecule has 0 spiro atoms. The predicted molar refractivity (Wildman–Crippen MR) is 86.1 cm³/mol. The van der Waals surface area contributed by atoms with E-state index >= 15 is 0 Å². The van der Waals surface area contributed by atoms with Crippen molar-refractivity contribution in [1.82, 2.24) is 0 Å². The molecule has 0 aliphatic carbocycles. The molecular formula is C15H20BrNO4. The van der Waals surface area contributed by atoms with Crippen LogP contribution in [0.3, 0.4) is 0 Å². The lowest BCUT2D eigenvalue weighted by Gasteiger charge is -2.20. The van der Waals surface area contributed by atoms with Crippen LogP contribution in [0.4, 0.5) is 5.88 Å². The molecule has 6 heteroatoms. The highest BCUT2D eigenvalue weighted by atomic mass is 79.9. The van der Waals surface area contributed by atoms with Crippen molar-refractivity contribution in [3.63, 3.8) is 0 Å². The molecule has 0 radical (unpaired) electrons. The zero-order valence-corrected chi connectivity index (χ0v) is 13.9. The maximum atomic E-state index is 12.0. The van der Waals surface area contributed by atoms with Gasteiger partial charge >= 0.3 is 0 Å². The zero-order valence-electron chi connectivity index (χ0n) is 12.4. The van der Waals surface area contributed by atoms with Gasteiger partial charge < -0.3 is 18.5 Å². The molecule has 0 aliphatic rings. The fourth-order valence-electron chi connectivity index (χ4n) is 2.01. The summed E-state index contributed by atoms with van der Waals surface area (Å²) < 4.78 is 17.2. The number of halogens is 1. The van der Waals surface area contributed by atoms with Gasteiger partial charge in [0.2, 0.25) is 11.0 Å². The molecule has 116 valence electrons. The molecule has 0 atom stereocenters. The Kier molecular flexibility index (Phi) is 5.87. The molecule has 21 heavy (non-hydrogen) atoms. The summed E-state index contributed by atoms with van der Waals surface area (Å²) >= 11 is 3.32. The largest absolute Gasteiger partial charge is 0.456 e. The van der Waals surface area contributed by atoms with E-state index in [1.54, 1.807) is 0 Å². The molecule has 2 heterocycles. The van der Waals surface area contributed by atoms with Crippen molar-refractivity contribution in [2.24, 2.45) is 0 Å². The van der Waals surface area contributed by atoms with Crippen molar-refractivity contribution in [3.8, 4) is 0 Å². The minimum atomic E-state index is -0.178. The summed E-state index contributed by atoms with van der Waals surface area (Å²) in [7, 11) is 0. The summed E-state index contributed by atoms with van der Waals surface area (Å²) in [6, 6.07) is 1.47. The number of rotatable bonds is 8. The van der Waals surface area contributed by atoms with E-state index in [0.717, 1.165) is 26.0 Å². The molecule has 2 aromatic rings. The van der Waals surface area contributed by atoms with Crippen LogP contribution in [0.1, 0.15) is 26.7 Å². The SMILES string of the molecule is CCCCOCCN(CC)c1cc(=O)c2occ(Br)c2o1. The van der Waals surface area contributed by atoms with Gasteiger partial charge in [0.05, 0.1) is 17.1 Å². The number of hydrogen-bond donors (Lipinski definition) is 0. The van der Waals surface area contributed by atoms with Crippen molar-refractivity contribution >= 4 is 33.0 Å². The van der Waals surface area contributed by atoms with Crippen LogP contribution in [-0.4, -0.2) is 26.3 Å². The number of anilines is 1. The highest BCUT2D eigenvalue weighted by molar-refractivity contribution is 9.10. The topological polar surface area (TPSA) is 55.8 Å². The number of furan rings is 1. The average molecular weight is 358 g/mol. The van der Waals surface area contributed by atoms with Crippen LogP contribution >= 0.6 is 15.9 Å². The molecule has 0 N–H and O–H groups in total. The Balaban J connectivity index is 2.10. The van der Waals surface area contributed by atoms with E-state index in [0.29, 0.717) is 29.1 Å². The number of hydrogen-bond acceptors (Lipinski definition) is 5. The van der Waals surface area contributed by atoms with Gasteiger partial charge in [0.15, 0.2) is 11.5 Å². The number of fused-ring (bicyclic) bond motifs is 1. The summed E-state index contributed by atoms with van der Waals surface area (Å²) in [6.45, 7) is 6.95. The lowest BCUT2D eigenvalue weighted by Crippen LogP contribution is -2.28. The minimum absolute atomic E-state index is 0.178. The van der Waals surface area contributed by atoms with Crippen LogP contribution in [-0.2, 0) is 4.74 Å². The number of ether oxygens (including phenoxy) is 1. The first-order valence-corrected chi connectivity index (χ1v) is 8.00. The Bertz CT molecular complexity index is 634. The van der Waals surface area contributed by atoms with Gasteiger partial charge in [-0.3, -0.25) is 4.79 Å². The average Bonchev–Trinajstić information content (AvgIpc) is 2.85. The fourth-order valence-corrected chi connectivity index (χ4v) is 2.36. The van der Waals surface area contributed by atoms with Crippen molar-refractivity contribution in [3.05, 3.63) is 27.0 Å². The van der Waals surface area contributed by atoms with Crippen LogP contribution in [0.5, 0.6) is 0 Å². The third-order valence-electron chi connectivity index (χ3n) is 3.23. The molecule has 2 rings (SSSR count). The summed E-state index contributed by atoms with van der Waals surface area (Å²) in [5.74, 6) is 0.538.